The Kier molecular flexibility index (Phi) is 6.17. The molecule has 33 heavy (non-hydrogen) atoms. The van der Waals surface area contributed by atoms with Crippen molar-refractivity contribution in [2.45, 2.75) is 39.7 Å². The molecule has 3 aromatic heterocycles. The lowest BCUT2D eigenvalue weighted by Crippen LogP contribution is -2.08. The summed E-state index contributed by atoms with van der Waals surface area (Å²) < 4.78 is 1.75. The van der Waals surface area contributed by atoms with Crippen LogP contribution in [0.4, 0.5) is 11.6 Å². The first-order valence-corrected chi connectivity index (χ1v) is 10.8. The molecule has 0 amide bonds. The molecule has 0 radical (unpaired) electrons. The van der Waals surface area contributed by atoms with Gasteiger partial charge in [-0.3, -0.25) is 0 Å². The van der Waals surface area contributed by atoms with Crippen LogP contribution in [0.2, 0.25) is 0 Å². The van der Waals surface area contributed by atoms with Gasteiger partial charge < -0.3 is 10.4 Å². The number of rotatable bonds is 7. The largest absolute Gasteiger partial charge is 0.478 e. The van der Waals surface area contributed by atoms with Crippen LogP contribution in [0.25, 0.3) is 11.4 Å². The van der Waals surface area contributed by atoms with Gasteiger partial charge in [-0.15, -0.1) is 5.10 Å². The van der Waals surface area contributed by atoms with Crippen LogP contribution in [0.5, 0.6) is 0 Å². The van der Waals surface area contributed by atoms with Crippen molar-refractivity contribution < 1.29 is 9.90 Å². The van der Waals surface area contributed by atoms with Crippen molar-refractivity contribution in [2.24, 2.45) is 0 Å². The van der Waals surface area contributed by atoms with Crippen LogP contribution in [0, 0.1) is 6.92 Å². The van der Waals surface area contributed by atoms with Crippen LogP contribution < -0.4 is 5.32 Å². The summed E-state index contributed by atoms with van der Waals surface area (Å²) in [5.41, 5.74) is 4.79. The molecular weight excluding hydrogens is 416 g/mol. The second kappa shape index (κ2) is 9.20. The molecule has 4 rings (SSSR count). The molecule has 1 aromatic carbocycles. The summed E-state index contributed by atoms with van der Waals surface area (Å²) in [6.07, 6.45) is 3.64. The fraction of sp³-hybridized carbons (Fsp3) is 0.240. The molecule has 1 unspecified atom stereocenters. The molecule has 4 aromatic rings. The van der Waals surface area contributed by atoms with E-state index in [0.29, 0.717) is 23.1 Å². The van der Waals surface area contributed by atoms with Crippen LogP contribution in [0.3, 0.4) is 0 Å². The summed E-state index contributed by atoms with van der Waals surface area (Å²) in [5.74, 6) is 0.892. The number of anilines is 2. The fourth-order valence-corrected chi connectivity index (χ4v) is 3.51. The highest BCUT2D eigenvalue weighted by atomic mass is 16.4. The Morgan fingerprint density at radius 3 is 2.42 bits per heavy atom. The number of nitrogens with zero attached hydrogens (tertiary/aromatic N) is 5. The summed E-state index contributed by atoms with van der Waals surface area (Å²) in [6, 6.07) is 14.6. The summed E-state index contributed by atoms with van der Waals surface area (Å²) in [6.45, 7) is 8.28. The van der Waals surface area contributed by atoms with Crippen LogP contribution in [0.1, 0.15) is 59.8 Å². The number of carboxylic acid groups (broad SMARTS) is 1. The maximum absolute atomic E-state index is 11.1. The quantitative estimate of drug-likeness (QED) is 0.404. The SMILES string of the molecule is Cc1cc(Nc2cc(C(C)C)ccn2)nc(-c2cn(C(C)c3ccc(C(=O)O)cc3)nn2)c1. The van der Waals surface area contributed by atoms with Gasteiger partial charge in [0.2, 0.25) is 0 Å². The maximum Gasteiger partial charge on any atom is 0.335 e. The Morgan fingerprint density at radius 2 is 1.73 bits per heavy atom. The molecule has 0 aliphatic rings. The van der Waals surface area contributed by atoms with Gasteiger partial charge in [-0.05, 0) is 72.9 Å². The van der Waals surface area contributed by atoms with E-state index in [1.54, 1.807) is 35.1 Å². The van der Waals surface area contributed by atoms with Gasteiger partial charge in [-0.2, -0.15) is 0 Å². The molecule has 0 bridgehead atoms. The van der Waals surface area contributed by atoms with Gasteiger partial charge in [-0.1, -0.05) is 31.2 Å². The molecule has 0 saturated heterocycles. The lowest BCUT2D eigenvalue weighted by molar-refractivity contribution is 0.0697. The predicted molar refractivity (Wildman–Crippen MR) is 127 cm³/mol. The lowest BCUT2D eigenvalue weighted by Gasteiger charge is -2.12. The molecule has 0 fully saturated rings. The maximum atomic E-state index is 11.1. The normalized spacial score (nSPS) is 12.0. The lowest BCUT2D eigenvalue weighted by atomic mass is 10.1. The zero-order valence-electron chi connectivity index (χ0n) is 19.0. The van der Waals surface area contributed by atoms with Crippen molar-refractivity contribution >= 4 is 17.6 Å². The van der Waals surface area contributed by atoms with Gasteiger partial charge in [-0.25, -0.2) is 19.4 Å². The summed E-state index contributed by atoms with van der Waals surface area (Å²) >= 11 is 0. The van der Waals surface area contributed by atoms with Gasteiger partial charge in [0.15, 0.2) is 0 Å². The van der Waals surface area contributed by atoms with Gasteiger partial charge in [0.05, 0.1) is 23.5 Å². The number of aromatic carboxylic acids is 1. The van der Waals surface area contributed by atoms with E-state index in [1.165, 1.54) is 5.56 Å². The predicted octanol–water partition coefficient (Wildman–Crippen LogP) is 5.22. The van der Waals surface area contributed by atoms with Crippen molar-refractivity contribution in [1.29, 1.82) is 0 Å². The smallest absolute Gasteiger partial charge is 0.335 e. The zero-order valence-corrected chi connectivity index (χ0v) is 19.0. The Hall–Kier alpha value is -4.07. The molecule has 168 valence electrons. The average molecular weight is 443 g/mol. The Morgan fingerprint density at radius 1 is 0.970 bits per heavy atom. The number of aryl methyl sites for hydroxylation is 1. The van der Waals surface area contributed by atoms with Gasteiger partial charge in [0.25, 0.3) is 0 Å². The van der Waals surface area contributed by atoms with E-state index in [-0.39, 0.29) is 11.6 Å². The molecule has 0 spiro atoms. The monoisotopic (exact) mass is 442 g/mol. The molecule has 8 heteroatoms. The van der Waals surface area contributed by atoms with Gasteiger partial charge >= 0.3 is 5.97 Å². The number of aromatic nitrogens is 5. The first-order chi connectivity index (χ1) is 15.8. The van der Waals surface area contributed by atoms with Gasteiger partial charge in [0.1, 0.15) is 17.3 Å². The highest BCUT2D eigenvalue weighted by molar-refractivity contribution is 5.87. The molecule has 8 nitrogen and oxygen atoms in total. The number of carbonyl (C=O) groups is 1. The zero-order chi connectivity index (χ0) is 23.5. The topological polar surface area (TPSA) is 106 Å². The standard InChI is InChI=1S/C25H26N6O2/c1-15(2)20-9-10-26-23(13-20)28-24-12-16(3)11-21(27-24)22-14-31(30-29-22)17(4)18-5-7-19(8-6-18)25(32)33/h5-15,17H,1-4H3,(H,32,33)(H,26,27,28). The Balaban J connectivity index is 1.57. The highest BCUT2D eigenvalue weighted by Crippen LogP contribution is 2.24. The fourth-order valence-electron chi connectivity index (χ4n) is 3.51. The van der Waals surface area contributed by atoms with Gasteiger partial charge in [0, 0.05) is 6.20 Å². The Labute approximate surface area is 192 Å². The molecular formula is C25H26N6O2. The highest BCUT2D eigenvalue weighted by Gasteiger charge is 2.14. The van der Waals surface area contributed by atoms with E-state index in [9.17, 15) is 4.79 Å². The number of hydrogen-bond donors (Lipinski definition) is 2. The molecule has 0 aliphatic heterocycles. The van der Waals surface area contributed by atoms with Crippen molar-refractivity contribution in [3.8, 4) is 11.4 Å². The van der Waals surface area contributed by atoms with Crippen LogP contribution >= 0.6 is 0 Å². The molecule has 2 N–H and O–H groups in total. The van der Waals surface area contributed by atoms with Crippen molar-refractivity contribution in [3.63, 3.8) is 0 Å². The van der Waals surface area contributed by atoms with E-state index < -0.39 is 5.97 Å². The second-order valence-corrected chi connectivity index (χ2v) is 8.36. The van der Waals surface area contributed by atoms with Crippen molar-refractivity contribution in [1.82, 2.24) is 25.0 Å². The number of benzene rings is 1. The average Bonchev–Trinajstić information content (AvgIpc) is 3.29. The van der Waals surface area contributed by atoms with Crippen LogP contribution in [0.15, 0.2) is 60.9 Å². The third kappa shape index (κ3) is 5.06. The first-order valence-electron chi connectivity index (χ1n) is 10.8. The summed E-state index contributed by atoms with van der Waals surface area (Å²) in [5, 5.41) is 21.0. The minimum atomic E-state index is -0.946. The molecule has 0 aliphatic carbocycles. The van der Waals surface area contributed by atoms with E-state index in [2.05, 4.69) is 34.5 Å². The number of hydrogen-bond acceptors (Lipinski definition) is 6. The molecule has 0 saturated carbocycles. The number of nitrogens with one attached hydrogen (secondary N) is 1. The summed E-state index contributed by atoms with van der Waals surface area (Å²) in [4.78, 5) is 20.2. The van der Waals surface area contributed by atoms with E-state index in [1.807, 2.05) is 44.3 Å². The van der Waals surface area contributed by atoms with Crippen molar-refractivity contribution in [3.05, 3.63) is 83.2 Å². The number of pyridine rings is 2. The van der Waals surface area contributed by atoms with E-state index >= 15 is 0 Å². The second-order valence-electron chi connectivity index (χ2n) is 8.36. The molecule has 3 heterocycles. The van der Waals surface area contributed by atoms with Crippen LogP contribution in [-0.4, -0.2) is 36.0 Å². The Bertz CT molecular complexity index is 1280. The van der Waals surface area contributed by atoms with Crippen LogP contribution in [-0.2, 0) is 0 Å². The molecule has 1 atom stereocenters. The van der Waals surface area contributed by atoms with Crippen molar-refractivity contribution in [2.75, 3.05) is 5.32 Å². The minimum Gasteiger partial charge on any atom is -0.478 e. The van der Waals surface area contributed by atoms with E-state index in [0.717, 1.165) is 16.9 Å². The summed E-state index contributed by atoms with van der Waals surface area (Å²) in [7, 11) is 0. The third-order valence-electron chi connectivity index (χ3n) is 5.49. The first kappa shape index (κ1) is 22.1. The third-order valence-corrected chi connectivity index (χ3v) is 5.49. The minimum absolute atomic E-state index is 0.112. The number of carboxylic acids is 1. The van der Waals surface area contributed by atoms with E-state index in [4.69, 9.17) is 10.1 Å².